The molecule has 0 aliphatic heterocycles. The van der Waals surface area contributed by atoms with Gasteiger partial charge in [-0.1, -0.05) is 30.3 Å². The number of nitrogens with one attached hydrogen (secondary N) is 4. The topological polar surface area (TPSA) is 205 Å². The van der Waals surface area contributed by atoms with Crippen molar-refractivity contribution in [2.75, 3.05) is 6.54 Å². The van der Waals surface area contributed by atoms with E-state index in [1.807, 2.05) is 6.07 Å². The molecule has 0 radical (unpaired) electrons. The fourth-order valence-corrected chi connectivity index (χ4v) is 3.49. The Balaban J connectivity index is 2.04. The summed E-state index contributed by atoms with van der Waals surface area (Å²) in [5.41, 5.74) is 12.8. The van der Waals surface area contributed by atoms with Gasteiger partial charge >= 0.3 is 5.97 Å². The predicted octanol–water partition coefficient (Wildman–Crippen LogP) is -0.790. The molecule has 196 valence electrons. The van der Waals surface area contributed by atoms with Crippen molar-refractivity contribution < 1.29 is 24.3 Å². The molecule has 3 amide bonds. The number of amides is 3. The third-order valence-corrected chi connectivity index (χ3v) is 5.56. The fraction of sp³-hybridized carbons (Fsp3) is 0.458. The smallest absolute Gasteiger partial charge is 0.326 e. The van der Waals surface area contributed by atoms with Crippen LogP contribution < -0.4 is 27.4 Å². The summed E-state index contributed by atoms with van der Waals surface area (Å²) < 4.78 is 0. The first-order chi connectivity index (χ1) is 17.2. The zero-order chi connectivity index (χ0) is 26.5. The van der Waals surface area contributed by atoms with E-state index in [-0.39, 0.29) is 19.3 Å². The lowest BCUT2D eigenvalue weighted by molar-refractivity contribution is -0.142. The van der Waals surface area contributed by atoms with Gasteiger partial charge in [-0.2, -0.15) is 0 Å². The summed E-state index contributed by atoms with van der Waals surface area (Å²) in [5.74, 6) is -2.95. The van der Waals surface area contributed by atoms with E-state index in [1.165, 1.54) is 13.3 Å². The van der Waals surface area contributed by atoms with Crippen LogP contribution in [0, 0.1) is 0 Å². The molecule has 36 heavy (non-hydrogen) atoms. The van der Waals surface area contributed by atoms with Crippen molar-refractivity contribution in [2.24, 2.45) is 11.5 Å². The molecule has 0 aliphatic rings. The minimum absolute atomic E-state index is 0.132. The Hall–Kier alpha value is -3.77. The number of H-pyrrole nitrogens is 1. The first kappa shape index (κ1) is 28.5. The zero-order valence-electron chi connectivity index (χ0n) is 20.3. The second-order valence-electron chi connectivity index (χ2n) is 8.55. The first-order valence-electron chi connectivity index (χ1n) is 11.8. The lowest BCUT2D eigenvalue weighted by atomic mass is 10.0. The van der Waals surface area contributed by atoms with Crippen LogP contribution in [0.1, 0.15) is 37.4 Å². The third kappa shape index (κ3) is 9.47. The minimum Gasteiger partial charge on any atom is -0.480 e. The largest absolute Gasteiger partial charge is 0.480 e. The lowest BCUT2D eigenvalue weighted by Gasteiger charge is -2.24. The van der Waals surface area contributed by atoms with Crippen molar-refractivity contribution in [3.05, 3.63) is 54.1 Å². The molecule has 0 aliphatic carbocycles. The van der Waals surface area contributed by atoms with E-state index in [0.717, 1.165) is 5.56 Å². The van der Waals surface area contributed by atoms with Crippen molar-refractivity contribution >= 4 is 23.7 Å². The molecular formula is C24H35N7O5. The zero-order valence-corrected chi connectivity index (χ0v) is 20.3. The highest BCUT2D eigenvalue weighted by Gasteiger charge is 2.29. The lowest BCUT2D eigenvalue weighted by Crippen LogP contribution is -2.57. The number of benzene rings is 1. The van der Waals surface area contributed by atoms with Gasteiger partial charge in [0.2, 0.25) is 17.7 Å². The summed E-state index contributed by atoms with van der Waals surface area (Å²) >= 11 is 0. The van der Waals surface area contributed by atoms with E-state index in [0.29, 0.717) is 25.1 Å². The molecule has 1 heterocycles. The quantitative estimate of drug-likeness (QED) is 0.154. The van der Waals surface area contributed by atoms with Crippen LogP contribution in [0.3, 0.4) is 0 Å². The van der Waals surface area contributed by atoms with Gasteiger partial charge in [-0.3, -0.25) is 14.4 Å². The molecule has 4 atom stereocenters. The molecule has 1 aromatic carbocycles. The maximum atomic E-state index is 13.0. The first-order valence-corrected chi connectivity index (χ1v) is 11.8. The van der Waals surface area contributed by atoms with Crippen LogP contribution in [0.2, 0.25) is 0 Å². The Labute approximate surface area is 209 Å². The Kier molecular flexibility index (Phi) is 11.5. The summed E-state index contributed by atoms with van der Waals surface area (Å²) in [4.78, 5) is 56.7. The predicted molar refractivity (Wildman–Crippen MR) is 132 cm³/mol. The number of aromatic amines is 1. The molecule has 9 N–H and O–H groups in total. The number of carbonyl (C=O) groups excluding carboxylic acids is 3. The average Bonchev–Trinajstić information content (AvgIpc) is 3.36. The molecule has 2 rings (SSSR count). The van der Waals surface area contributed by atoms with Crippen LogP contribution in [-0.2, 0) is 32.0 Å². The SMILES string of the molecule is CC(NC(=O)C(N)Cc1cnc[nH]1)C(=O)NC(Cc1ccccc1)C(=O)NC(CCCCN)C(=O)O. The summed E-state index contributed by atoms with van der Waals surface area (Å²) in [6.07, 6.45) is 4.74. The maximum absolute atomic E-state index is 13.0. The number of carboxylic acid groups (broad SMARTS) is 1. The van der Waals surface area contributed by atoms with Crippen LogP contribution in [-0.4, -0.2) is 69.5 Å². The molecule has 2 aromatic rings. The Morgan fingerprint density at radius 1 is 0.972 bits per heavy atom. The van der Waals surface area contributed by atoms with Crippen molar-refractivity contribution in [2.45, 2.75) is 63.2 Å². The van der Waals surface area contributed by atoms with Crippen LogP contribution in [0.15, 0.2) is 42.9 Å². The Morgan fingerprint density at radius 3 is 2.28 bits per heavy atom. The summed E-state index contributed by atoms with van der Waals surface area (Å²) in [7, 11) is 0. The number of nitrogens with zero attached hydrogens (tertiary/aromatic N) is 1. The standard InChI is InChI=1S/C24H35N7O5/c1-15(29-22(33)18(26)12-17-13-27-14-28-17)21(32)31-20(11-16-7-3-2-4-8-16)23(34)30-19(24(35)36)9-5-6-10-25/h2-4,7-8,13-15,18-20H,5-6,9-12,25-26H2,1H3,(H,27,28)(H,29,33)(H,30,34)(H,31,32)(H,35,36). The van der Waals surface area contributed by atoms with E-state index in [1.54, 1.807) is 30.5 Å². The second kappa shape index (κ2) is 14.6. The summed E-state index contributed by atoms with van der Waals surface area (Å²) in [6.45, 7) is 1.89. The van der Waals surface area contributed by atoms with Gasteiger partial charge in [0.15, 0.2) is 0 Å². The maximum Gasteiger partial charge on any atom is 0.326 e. The van der Waals surface area contributed by atoms with Gasteiger partial charge in [0.05, 0.1) is 12.4 Å². The number of imidazole rings is 1. The summed E-state index contributed by atoms with van der Waals surface area (Å²) in [6, 6.07) is 4.92. The van der Waals surface area contributed by atoms with E-state index in [4.69, 9.17) is 11.5 Å². The van der Waals surface area contributed by atoms with E-state index in [2.05, 4.69) is 25.9 Å². The Bertz CT molecular complexity index is 984. The van der Waals surface area contributed by atoms with Gasteiger partial charge < -0.3 is 37.5 Å². The normalized spacial score (nSPS) is 14.2. The molecule has 12 heteroatoms. The number of aliphatic carboxylic acids is 1. The van der Waals surface area contributed by atoms with E-state index < -0.39 is 47.9 Å². The fourth-order valence-electron chi connectivity index (χ4n) is 3.49. The van der Waals surface area contributed by atoms with Crippen molar-refractivity contribution in [3.8, 4) is 0 Å². The molecule has 0 bridgehead atoms. The van der Waals surface area contributed by atoms with Crippen molar-refractivity contribution in [3.63, 3.8) is 0 Å². The number of carbonyl (C=O) groups is 4. The molecular weight excluding hydrogens is 466 g/mol. The van der Waals surface area contributed by atoms with Gasteiger partial charge in [0.1, 0.15) is 18.1 Å². The summed E-state index contributed by atoms with van der Waals surface area (Å²) in [5, 5.41) is 17.2. The van der Waals surface area contributed by atoms with Crippen molar-refractivity contribution in [1.29, 1.82) is 0 Å². The number of nitrogens with two attached hydrogens (primary N) is 2. The minimum atomic E-state index is -1.17. The highest BCUT2D eigenvalue weighted by molar-refractivity contribution is 5.94. The molecule has 0 fully saturated rings. The molecule has 0 saturated heterocycles. The molecule has 1 aromatic heterocycles. The van der Waals surface area contributed by atoms with Gasteiger partial charge in [-0.25, -0.2) is 9.78 Å². The highest BCUT2D eigenvalue weighted by atomic mass is 16.4. The number of hydrogen-bond donors (Lipinski definition) is 7. The molecule has 0 saturated carbocycles. The number of aromatic nitrogens is 2. The average molecular weight is 502 g/mol. The van der Waals surface area contributed by atoms with Crippen LogP contribution in [0.25, 0.3) is 0 Å². The van der Waals surface area contributed by atoms with Crippen LogP contribution in [0.5, 0.6) is 0 Å². The molecule has 12 nitrogen and oxygen atoms in total. The van der Waals surface area contributed by atoms with E-state index >= 15 is 0 Å². The van der Waals surface area contributed by atoms with Gasteiger partial charge in [0, 0.05) is 24.7 Å². The van der Waals surface area contributed by atoms with E-state index in [9.17, 15) is 24.3 Å². The van der Waals surface area contributed by atoms with Gasteiger partial charge in [-0.05, 0) is 38.3 Å². The number of unbranched alkanes of at least 4 members (excludes halogenated alkanes) is 1. The molecule has 4 unspecified atom stereocenters. The van der Waals surface area contributed by atoms with Gasteiger partial charge in [-0.15, -0.1) is 0 Å². The van der Waals surface area contributed by atoms with Gasteiger partial charge in [0.25, 0.3) is 0 Å². The van der Waals surface area contributed by atoms with Crippen LogP contribution >= 0.6 is 0 Å². The third-order valence-electron chi connectivity index (χ3n) is 5.56. The monoisotopic (exact) mass is 501 g/mol. The number of hydrogen-bond acceptors (Lipinski definition) is 7. The Morgan fingerprint density at radius 2 is 1.67 bits per heavy atom. The number of rotatable bonds is 15. The second-order valence-corrected chi connectivity index (χ2v) is 8.55. The van der Waals surface area contributed by atoms with Crippen molar-refractivity contribution in [1.82, 2.24) is 25.9 Å². The number of carboxylic acids is 1. The van der Waals surface area contributed by atoms with Crippen LogP contribution in [0.4, 0.5) is 0 Å². The highest BCUT2D eigenvalue weighted by Crippen LogP contribution is 2.07. The molecule has 0 spiro atoms.